The van der Waals surface area contributed by atoms with E-state index >= 15 is 0 Å². The van der Waals surface area contributed by atoms with Crippen LogP contribution in [0.15, 0.2) is 48.5 Å². The molecule has 0 aliphatic rings. The fourth-order valence-electron chi connectivity index (χ4n) is 2.36. The Morgan fingerprint density at radius 3 is 2.42 bits per heavy atom. The second-order valence-corrected chi connectivity index (χ2v) is 5.68. The first-order valence-electron chi connectivity index (χ1n) is 8.43. The summed E-state index contributed by atoms with van der Waals surface area (Å²) in [5.74, 6) is -1.17. The van der Waals surface area contributed by atoms with Gasteiger partial charge in [-0.05, 0) is 36.8 Å². The predicted molar refractivity (Wildman–Crippen MR) is 99.4 cm³/mol. The highest BCUT2D eigenvalue weighted by atomic mass is 16.5. The van der Waals surface area contributed by atoms with E-state index in [9.17, 15) is 14.4 Å². The van der Waals surface area contributed by atoms with Gasteiger partial charge in [-0.3, -0.25) is 9.59 Å². The van der Waals surface area contributed by atoms with E-state index in [0.29, 0.717) is 23.4 Å². The molecule has 0 aromatic heterocycles. The molecular weight excluding hydrogens is 332 g/mol. The Hall–Kier alpha value is -3.15. The molecule has 2 aromatic rings. The highest BCUT2D eigenvalue weighted by molar-refractivity contribution is 6.09. The lowest BCUT2D eigenvalue weighted by Gasteiger charge is -2.11. The van der Waals surface area contributed by atoms with E-state index < -0.39 is 11.9 Å². The maximum atomic E-state index is 12.5. The van der Waals surface area contributed by atoms with Crippen molar-refractivity contribution in [2.75, 3.05) is 19.0 Å². The summed E-state index contributed by atoms with van der Waals surface area (Å²) in [4.78, 5) is 36.4. The SMILES string of the molecule is CCCCNC(=O)c1ccccc1NC(=O)c1cccc(C(=O)OC)c1. The van der Waals surface area contributed by atoms with Gasteiger partial charge in [0.1, 0.15) is 0 Å². The predicted octanol–water partition coefficient (Wildman–Crippen LogP) is 3.26. The number of benzene rings is 2. The molecule has 0 heterocycles. The van der Waals surface area contributed by atoms with E-state index in [2.05, 4.69) is 15.4 Å². The summed E-state index contributed by atoms with van der Waals surface area (Å²) < 4.78 is 4.66. The molecule has 0 aliphatic heterocycles. The Bertz CT molecular complexity index is 802. The first kappa shape index (κ1) is 19.2. The van der Waals surface area contributed by atoms with Gasteiger partial charge in [-0.15, -0.1) is 0 Å². The minimum atomic E-state index is -0.518. The molecule has 136 valence electrons. The Balaban J connectivity index is 2.17. The van der Waals surface area contributed by atoms with Crippen LogP contribution in [0.4, 0.5) is 5.69 Å². The van der Waals surface area contributed by atoms with Crippen molar-refractivity contribution < 1.29 is 19.1 Å². The summed E-state index contributed by atoms with van der Waals surface area (Å²) in [6.07, 6.45) is 1.87. The molecule has 2 rings (SSSR count). The number of para-hydroxylation sites is 1. The van der Waals surface area contributed by atoms with E-state index in [1.807, 2.05) is 6.92 Å². The van der Waals surface area contributed by atoms with Crippen LogP contribution in [0.25, 0.3) is 0 Å². The summed E-state index contributed by atoms with van der Waals surface area (Å²) in [5.41, 5.74) is 1.39. The molecule has 0 saturated heterocycles. The summed E-state index contributed by atoms with van der Waals surface area (Å²) in [7, 11) is 1.28. The highest BCUT2D eigenvalue weighted by Gasteiger charge is 2.15. The number of esters is 1. The molecule has 2 aromatic carbocycles. The number of ether oxygens (including phenoxy) is 1. The second-order valence-electron chi connectivity index (χ2n) is 5.68. The Kier molecular flexibility index (Phi) is 6.91. The number of amides is 2. The fraction of sp³-hybridized carbons (Fsp3) is 0.250. The van der Waals surface area contributed by atoms with E-state index in [-0.39, 0.29) is 11.5 Å². The Labute approximate surface area is 152 Å². The number of anilines is 1. The minimum absolute atomic E-state index is 0.238. The molecule has 0 radical (unpaired) electrons. The van der Waals surface area contributed by atoms with Crippen molar-refractivity contribution in [3.63, 3.8) is 0 Å². The molecule has 26 heavy (non-hydrogen) atoms. The average molecular weight is 354 g/mol. The van der Waals surface area contributed by atoms with Crippen LogP contribution < -0.4 is 10.6 Å². The summed E-state index contributed by atoms with van der Waals surface area (Å²) in [6.45, 7) is 2.63. The minimum Gasteiger partial charge on any atom is -0.465 e. The number of carbonyl (C=O) groups is 3. The average Bonchev–Trinajstić information content (AvgIpc) is 2.68. The topological polar surface area (TPSA) is 84.5 Å². The zero-order chi connectivity index (χ0) is 18.9. The van der Waals surface area contributed by atoms with E-state index in [4.69, 9.17) is 0 Å². The van der Waals surface area contributed by atoms with Crippen molar-refractivity contribution in [1.29, 1.82) is 0 Å². The van der Waals surface area contributed by atoms with Gasteiger partial charge in [0.15, 0.2) is 0 Å². The third kappa shape index (κ3) is 4.92. The van der Waals surface area contributed by atoms with Crippen LogP contribution in [0.3, 0.4) is 0 Å². The molecule has 6 nitrogen and oxygen atoms in total. The van der Waals surface area contributed by atoms with Crippen LogP contribution in [-0.4, -0.2) is 31.4 Å². The van der Waals surface area contributed by atoms with Gasteiger partial charge in [-0.1, -0.05) is 31.5 Å². The van der Waals surface area contributed by atoms with Crippen LogP contribution in [0.1, 0.15) is 50.8 Å². The van der Waals surface area contributed by atoms with Crippen LogP contribution >= 0.6 is 0 Å². The normalized spacial score (nSPS) is 10.1. The summed E-state index contributed by atoms with van der Waals surface area (Å²) >= 11 is 0. The zero-order valence-electron chi connectivity index (χ0n) is 14.9. The van der Waals surface area contributed by atoms with Crippen LogP contribution in [0.5, 0.6) is 0 Å². The van der Waals surface area contributed by atoms with Crippen molar-refractivity contribution in [3.05, 3.63) is 65.2 Å². The number of hydrogen-bond donors (Lipinski definition) is 2. The molecule has 0 spiro atoms. The first-order chi connectivity index (χ1) is 12.6. The highest BCUT2D eigenvalue weighted by Crippen LogP contribution is 2.17. The number of nitrogens with one attached hydrogen (secondary N) is 2. The Morgan fingerprint density at radius 2 is 1.69 bits per heavy atom. The zero-order valence-corrected chi connectivity index (χ0v) is 14.9. The number of methoxy groups -OCH3 is 1. The van der Waals surface area contributed by atoms with Crippen molar-refractivity contribution in [3.8, 4) is 0 Å². The van der Waals surface area contributed by atoms with Gasteiger partial charge in [0, 0.05) is 12.1 Å². The molecule has 2 amide bonds. The molecule has 0 bridgehead atoms. The molecule has 0 aliphatic carbocycles. The number of rotatable bonds is 7. The van der Waals surface area contributed by atoms with E-state index in [0.717, 1.165) is 12.8 Å². The quantitative estimate of drug-likeness (QED) is 0.590. The summed E-state index contributed by atoms with van der Waals surface area (Å²) in [6, 6.07) is 13.0. The van der Waals surface area contributed by atoms with Gasteiger partial charge in [0.05, 0.1) is 23.9 Å². The van der Waals surface area contributed by atoms with E-state index in [1.54, 1.807) is 42.5 Å². The van der Waals surface area contributed by atoms with Crippen molar-refractivity contribution in [2.24, 2.45) is 0 Å². The molecule has 0 saturated carbocycles. The third-order valence-electron chi connectivity index (χ3n) is 3.78. The molecule has 0 fully saturated rings. The van der Waals surface area contributed by atoms with Gasteiger partial charge in [-0.25, -0.2) is 4.79 Å². The van der Waals surface area contributed by atoms with Crippen molar-refractivity contribution in [2.45, 2.75) is 19.8 Å². The largest absolute Gasteiger partial charge is 0.465 e. The van der Waals surface area contributed by atoms with E-state index in [1.165, 1.54) is 13.2 Å². The molecular formula is C20H22N2O4. The smallest absolute Gasteiger partial charge is 0.337 e. The van der Waals surface area contributed by atoms with Gasteiger partial charge in [-0.2, -0.15) is 0 Å². The lowest BCUT2D eigenvalue weighted by molar-refractivity contribution is 0.0600. The van der Waals surface area contributed by atoms with Gasteiger partial charge >= 0.3 is 5.97 Å². The second kappa shape index (κ2) is 9.36. The maximum Gasteiger partial charge on any atom is 0.337 e. The number of carbonyl (C=O) groups excluding carboxylic acids is 3. The summed E-state index contributed by atoms with van der Waals surface area (Å²) in [5, 5.41) is 5.56. The number of unbranched alkanes of at least 4 members (excludes halogenated alkanes) is 1. The van der Waals surface area contributed by atoms with Crippen molar-refractivity contribution >= 4 is 23.5 Å². The molecule has 2 N–H and O–H groups in total. The monoisotopic (exact) mass is 354 g/mol. The Morgan fingerprint density at radius 1 is 0.962 bits per heavy atom. The van der Waals surface area contributed by atoms with Crippen LogP contribution in [0, 0.1) is 0 Å². The lowest BCUT2D eigenvalue weighted by atomic mass is 10.1. The molecule has 6 heteroatoms. The van der Waals surface area contributed by atoms with Crippen molar-refractivity contribution in [1.82, 2.24) is 5.32 Å². The van der Waals surface area contributed by atoms with Gasteiger partial charge in [0.25, 0.3) is 11.8 Å². The van der Waals surface area contributed by atoms with Crippen LogP contribution in [-0.2, 0) is 4.74 Å². The maximum absolute atomic E-state index is 12.5. The van der Waals surface area contributed by atoms with Gasteiger partial charge in [0.2, 0.25) is 0 Å². The lowest BCUT2D eigenvalue weighted by Crippen LogP contribution is -2.26. The fourth-order valence-corrected chi connectivity index (χ4v) is 2.36. The van der Waals surface area contributed by atoms with Gasteiger partial charge < -0.3 is 15.4 Å². The van der Waals surface area contributed by atoms with Crippen LogP contribution in [0.2, 0.25) is 0 Å². The third-order valence-corrected chi connectivity index (χ3v) is 3.78. The first-order valence-corrected chi connectivity index (χ1v) is 8.43. The standard InChI is InChI=1S/C20H22N2O4/c1-3-4-12-21-19(24)16-10-5-6-11-17(16)22-18(23)14-8-7-9-15(13-14)20(25)26-2/h5-11,13H,3-4,12H2,1-2H3,(H,21,24)(H,22,23). The molecule has 0 unspecified atom stereocenters. The number of hydrogen-bond acceptors (Lipinski definition) is 4. The molecule has 0 atom stereocenters.